The van der Waals surface area contributed by atoms with Crippen molar-refractivity contribution in [2.24, 2.45) is 0 Å². The Morgan fingerprint density at radius 3 is 1.89 bits per heavy atom. The van der Waals surface area contributed by atoms with Crippen molar-refractivity contribution in [2.45, 2.75) is 13.1 Å². The van der Waals surface area contributed by atoms with Crippen LogP contribution in [0.25, 0.3) is 6.08 Å². The third kappa shape index (κ3) is 5.32. The normalized spacial score (nSPS) is 10.7. The number of rotatable bonds is 7. The summed E-state index contributed by atoms with van der Waals surface area (Å²) in [7, 11) is 1.63. The summed E-state index contributed by atoms with van der Waals surface area (Å²) in [6.45, 7) is 1.12. The maximum atomic E-state index is 12.9. The number of amides is 1. The summed E-state index contributed by atoms with van der Waals surface area (Å²) in [5.41, 5.74) is 3.09. The quantitative estimate of drug-likeness (QED) is 0.561. The molecule has 0 fully saturated rings. The van der Waals surface area contributed by atoms with E-state index in [1.54, 1.807) is 13.2 Å². The number of benzene rings is 3. The first-order chi connectivity index (χ1) is 13.3. The lowest BCUT2D eigenvalue weighted by atomic mass is 10.1. The Bertz CT molecular complexity index is 847. The van der Waals surface area contributed by atoms with Gasteiger partial charge >= 0.3 is 0 Å². The predicted octanol–water partition coefficient (Wildman–Crippen LogP) is 4.94. The molecular weight excluding hydrogens is 334 g/mol. The molecule has 3 nitrogen and oxygen atoms in total. The van der Waals surface area contributed by atoms with Gasteiger partial charge in [0.1, 0.15) is 5.75 Å². The molecule has 0 bridgehead atoms. The topological polar surface area (TPSA) is 29.5 Å². The highest BCUT2D eigenvalue weighted by Gasteiger charge is 2.12. The van der Waals surface area contributed by atoms with E-state index < -0.39 is 0 Å². The summed E-state index contributed by atoms with van der Waals surface area (Å²) >= 11 is 0. The van der Waals surface area contributed by atoms with Crippen LogP contribution in [0.15, 0.2) is 91.0 Å². The van der Waals surface area contributed by atoms with E-state index in [-0.39, 0.29) is 5.91 Å². The minimum absolute atomic E-state index is 0.0337. The minimum Gasteiger partial charge on any atom is -0.496 e. The Morgan fingerprint density at radius 2 is 1.33 bits per heavy atom. The van der Waals surface area contributed by atoms with Crippen LogP contribution in [0.4, 0.5) is 0 Å². The molecule has 0 aliphatic heterocycles. The van der Waals surface area contributed by atoms with Gasteiger partial charge in [0.2, 0.25) is 5.91 Å². The molecule has 3 heteroatoms. The molecule has 0 spiro atoms. The average Bonchev–Trinajstić information content (AvgIpc) is 2.73. The molecule has 0 heterocycles. The number of carbonyl (C=O) groups excluding carboxylic acids is 1. The van der Waals surface area contributed by atoms with Gasteiger partial charge in [0.15, 0.2) is 0 Å². The van der Waals surface area contributed by atoms with Gasteiger partial charge in [-0.25, -0.2) is 0 Å². The lowest BCUT2D eigenvalue weighted by Gasteiger charge is -2.21. The van der Waals surface area contributed by atoms with Gasteiger partial charge in [0.05, 0.1) is 7.11 Å². The van der Waals surface area contributed by atoms with Crippen molar-refractivity contribution in [3.05, 3.63) is 108 Å². The lowest BCUT2D eigenvalue weighted by molar-refractivity contribution is -0.127. The van der Waals surface area contributed by atoms with Crippen molar-refractivity contribution in [2.75, 3.05) is 7.11 Å². The summed E-state index contributed by atoms with van der Waals surface area (Å²) in [6, 6.07) is 27.7. The molecule has 0 atom stereocenters. The van der Waals surface area contributed by atoms with E-state index in [1.807, 2.05) is 95.9 Å². The predicted molar refractivity (Wildman–Crippen MR) is 109 cm³/mol. The number of hydrogen-bond donors (Lipinski definition) is 0. The molecule has 3 aromatic carbocycles. The summed E-state index contributed by atoms with van der Waals surface area (Å²) in [5.74, 6) is 0.716. The fourth-order valence-corrected chi connectivity index (χ4v) is 2.89. The first kappa shape index (κ1) is 18.5. The molecule has 0 N–H and O–H groups in total. The first-order valence-electron chi connectivity index (χ1n) is 8.94. The van der Waals surface area contributed by atoms with Gasteiger partial charge in [0.25, 0.3) is 0 Å². The second kappa shape index (κ2) is 9.39. The molecule has 0 aliphatic rings. The largest absolute Gasteiger partial charge is 0.496 e. The molecule has 1 amide bonds. The highest BCUT2D eigenvalue weighted by molar-refractivity contribution is 5.92. The van der Waals surface area contributed by atoms with Crippen molar-refractivity contribution < 1.29 is 9.53 Å². The molecule has 27 heavy (non-hydrogen) atoms. The van der Waals surface area contributed by atoms with Crippen molar-refractivity contribution in [1.29, 1.82) is 0 Å². The number of carbonyl (C=O) groups is 1. The molecule has 0 saturated carbocycles. The van der Waals surface area contributed by atoms with Crippen molar-refractivity contribution in [3.8, 4) is 5.75 Å². The lowest BCUT2D eigenvalue weighted by Crippen LogP contribution is -2.28. The van der Waals surface area contributed by atoms with Gasteiger partial charge in [-0.3, -0.25) is 4.79 Å². The van der Waals surface area contributed by atoms with E-state index >= 15 is 0 Å². The van der Waals surface area contributed by atoms with Crippen molar-refractivity contribution >= 4 is 12.0 Å². The molecule has 0 unspecified atom stereocenters. The molecule has 3 rings (SSSR count). The third-order valence-electron chi connectivity index (χ3n) is 4.29. The van der Waals surface area contributed by atoms with Crippen LogP contribution in [0, 0.1) is 0 Å². The van der Waals surface area contributed by atoms with Gasteiger partial charge in [-0.15, -0.1) is 0 Å². The fourth-order valence-electron chi connectivity index (χ4n) is 2.89. The van der Waals surface area contributed by atoms with E-state index in [4.69, 9.17) is 4.74 Å². The Labute approximate surface area is 160 Å². The maximum Gasteiger partial charge on any atom is 0.247 e. The van der Waals surface area contributed by atoms with Crippen molar-refractivity contribution in [1.82, 2.24) is 4.90 Å². The summed E-state index contributed by atoms with van der Waals surface area (Å²) in [5, 5.41) is 0. The Morgan fingerprint density at radius 1 is 0.815 bits per heavy atom. The van der Waals surface area contributed by atoms with Gasteiger partial charge in [-0.05, 0) is 23.3 Å². The van der Waals surface area contributed by atoms with E-state index in [0.29, 0.717) is 13.1 Å². The van der Waals surface area contributed by atoms with E-state index in [1.165, 1.54) is 0 Å². The zero-order valence-electron chi connectivity index (χ0n) is 15.4. The number of para-hydroxylation sites is 1. The van der Waals surface area contributed by atoms with Gasteiger partial charge < -0.3 is 9.64 Å². The molecule has 0 saturated heterocycles. The zero-order valence-corrected chi connectivity index (χ0v) is 15.4. The first-order valence-corrected chi connectivity index (χ1v) is 8.94. The Balaban J connectivity index is 1.80. The van der Waals surface area contributed by atoms with Crippen LogP contribution < -0.4 is 4.74 Å². The summed E-state index contributed by atoms with van der Waals surface area (Å²) in [6.07, 6.45) is 3.42. The smallest absolute Gasteiger partial charge is 0.247 e. The number of hydrogen-bond acceptors (Lipinski definition) is 2. The van der Waals surface area contributed by atoms with Crippen LogP contribution >= 0.6 is 0 Å². The fraction of sp³-hybridized carbons (Fsp3) is 0.125. The third-order valence-corrected chi connectivity index (χ3v) is 4.29. The highest BCUT2D eigenvalue weighted by atomic mass is 16.5. The molecule has 0 aromatic heterocycles. The zero-order chi connectivity index (χ0) is 18.9. The summed E-state index contributed by atoms with van der Waals surface area (Å²) < 4.78 is 5.35. The van der Waals surface area contributed by atoms with Crippen LogP contribution in [0.1, 0.15) is 16.7 Å². The van der Waals surface area contributed by atoms with Gasteiger partial charge in [0, 0.05) is 24.7 Å². The van der Waals surface area contributed by atoms with Crippen LogP contribution in [0.5, 0.6) is 5.75 Å². The monoisotopic (exact) mass is 357 g/mol. The number of methoxy groups -OCH3 is 1. The van der Waals surface area contributed by atoms with Crippen LogP contribution in [-0.2, 0) is 17.9 Å². The molecule has 0 aliphatic carbocycles. The Hall–Kier alpha value is -3.33. The maximum absolute atomic E-state index is 12.9. The second-order valence-corrected chi connectivity index (χ2v) is 6.24. The molecule has 136 valence electrons. The molecular formula is C24H23NO2. The van der Waals surface area contributed by atoms with E-state index in [9.17, 15) is 4.79 Å². The minimum atomic E-state index is -0.0337. The highest BCUT2D eigenvalue weighted by Crippen LogP contribution is 2.19. The van der Waals surface area contributed by atoms with Crippen LogP contribution in [0.3, 0.4) is 0 Å². The van der Waals surface area contributed by atoms with E-state index in [0.717, 1.165) is 22.4 Å². The second-order valence-electron chi connectivity index (χ2n) is 6.24. The van der Waals surface area contributed by atoms with Gasteiger partial charge in [-0.2, -0.15) is 0 Å². The molecule has 0 radical (unpaired) electrons. The number of nitrogens with zero attached hydrogens (tertiary/aromatic N) is 1. The van der Waals surface area contributed by atoms with Gasteiger partial charge in [-0.1, -0.05) is 78.9 Å². The Kier molecular flexibility index (Phi) is 6.42. The summed E-state index contributed by atoms with van der Waals surface area (Å²) in [4.78, 5) is 14.8. The van der Waals surface area contributed by atoms with Crippen LogP contribution in [-0.4, -0.2) is 17.9 Å². The SMILES string of the molecule is COc1ccccc1C=CC(=O)N(Cc1ccccc1)Cc1ccccc1. The number of ether oxygens (including phenoxy) is 1. The van der Waals surface area contributed by atoms with E-state index in [2.05, 4.69) is 0 Å². The molecule has 3 aromatic rings. The van der Waals surface area contributed by atoms with Crippen LogP contribution in [0.2, 0.25) is 0 Å². The standard InChI is InChI=1S/C24H23NO2/c1-27-23-15-9-8-14-22(23)16-17-24(26)25(18-20-10-4-2-5-11-20)19-21-12-6-3-7-13-21/h2-17H,18-19H2,1H3. The average molecular weight is 357 g/mol. The van der Waals surface area contributed by atoms with Crippen molar-refractivity contribution in [3.63, 3.8) is 0 Å².